The zero-order valence-corrected chi connectivity index (χ0v) is 11.2. The van der Waals surface area contributed by atoms with Gasteiger partial charge in [0.25, 0.3) is 0 Å². The molecule has 0 aromatic carbocycles. The number of nitrogens with zero attached hydrogens (tertiary/aromatic N) is 2. The summed E-state index contributed by atoms with van der Waals surface area (Å²) >= 11 is 1.83. The lowest BCUT2D eigenvalue weighted by molar-refractivity contribution is 0.542. The summed E-state index contributed by atoms with van der Waals surface area (Å²) < 4.78 is 2.08. The molecular weight excluding hydrogens is 230 g/mol. The molecule has 2 rings (SSSR count). The largest absolute Gasteiger partial charge is 0.338 e. The average Bonchev–Trinajstić information content (AvgIpc) is 2.91. The highest BCUT2D eigenvalue weighted by molar-refractivity contribution is 7.09. The number of imidazole rings is 1. The van der Waals surface area contributed by atoms with Crippen LogP contribution in [0, 0.1) is 0 Å². The van der Waals surface area contributed by atoms with E-state index in [4.69, 9.17) is 0 Å². The van der Waals surface area contributed by atoms with Gasteiger partial charge in [0.1, 0.15) is 5.82 Å². The molecule has 0 saturated heterocycles. The first-order chi connectivity index (χ1) is 8.25. The molecule has 0 aliphatic rings. The Bertz CT molecular complexity index is 433. The number of hydrogen-bond donors (Lipinski definition) is 1. The minimum Gasteiger partial charge on any atom is -0.338 e. The lowest BCUT2D eigenvalue weighted by atomic mass is 10.2. The van der Waals surface area contributed by atoms with E-state index in [-0.39, 0.29) is 0 Å². The third-order valence-corrected chi connectivity index (χ3v) is 3.75. The fraction of sp³-hybridized carbons (Fsp3) is 0.462. The Morgan fingerprint density at radius 3 is 3.06 bits per heavy atom. The first-order valence-corrected chi connectivity index (χ1v) is 6.85. The Kier molecular flexibility index (Phi) is 4.34. The van der Waals surface area contributed by atoms with Gasteiger partial charge < -0.3 is 9.88 Å². The van der Waals surface area contributed by atoms with Gasteiger partial charge in [0.2, 0.25) is 0 Å². The first-order valence-electron chi connectivity index (χ1n) is 5.97. The number of aromatic nitrogens is 2. The molecule has 2 aromatic heterocycles. The number of nitrogens with one attached hydrogen (secondary N) is 1. The van der Waals surface area contributed by atoms with Gasteiger partial charge in [0, 0.05) is 43.3 Å². The molecule has 0 aliphatic heterocycles. The van der Waals surface area contributed by atoms with E-state index in [1.165, 1.54) is 4.88 Å². The summed E-state index contributed by atoms with van der Waals surface area (Å²) in [6, 6.07) is 4.83. The molecule has 0 spiro atoms. The molecule has 92 valence electrons. The van der Waals surface area contributed by atoms with E-state index < -0.39 is 0 Å². The standard InChI is InChI=1S/C13H19N3S/c1-11(10-12-4-3-9-17-12)14-6-5-13-15-7-8-16(13)2/h3-4,7-9,11,14H,5-6,10H2,1-2H3. The first kappa shape index (κ1) is 12.3. The highest BCUT2D eigenvalue weighted by Gasteiger charge is 2.04. The molecule has 0 amide bonds. The van der Waals surface area contributed by atoms with Crippen molar-refractivity contribution in [3.05, 3.63) is 40.6 Å². The monoisotopic (exact) mass is 249 g/mol. The van der Waals surface area contributed by atoms with Crippen LogP contribution < -0.4 is 5.32 Å². The van der Waals surface area contributed by atoms with Gasteiger partial charge in [-0.2, -0.15) is 0 Å². The van der Waals surface area contributed by atoms with E-state index in [2.05, 4.69) is 39.3 Å². The molecule has 1 N–H and O–H groups in total. The summed E-state index contributed by atoms with van der Waals surface area (Å²) in [5.74, 6) is 1.14. The maximum Gasteiger partial charge on any atom is 0.109 e. The van der Waals surface area contributed by atoms with E-state index in [1.54, 1.807) is 0 Å². The zero-order valence-electron chi connectivity index (χ0n) is 10.4. The average molecular weight is 249 g/mol. The van der Waals surface area contributed by atoms with Gasteiger partial charge in [0.05, 0.1) is 0 Å². The second kappa shape index (κ2) is 5.98. The van der Waals surface area contributed by atoms with Crippen LogP contribution in [0.25, 0.3) is 0 Å². The molecule has 2 heterocycles. The molecule has 2 aromatic rings. The van der Waals surface area contributed by atoms with Gasteiger partial charge in [0.15, 0.2) is 0 Å². The Morgan fingerprint density at radius 1 is 1.53 bits per heavy atom. The maximum atomic E-state index is 4.31. The van der Waals surface area contributed by atoms with Crippen molar-refractivity contribution in [1.82, 2.24) is 14.9 Å². The van der Waals surface area contributed by atoms with Crippen molar-refractivity contribution in [1.29, 1.82) is 0 Å². The molecule has 0 bridgehead atoms. The van der Waals surface area contributed by atoms with Crippen molar-refractivity contribution in [3.63, 3.8) is 0 Å². The Morgan fingerprint density at radius 2 is 2.41 bits per heavy atom. The van der Waals surface area contributed by atoms with E-state index in [0.29, 0.717) is 6.04 Å². The van der Waals surface area contributed by atoms with Crippen molar-refractivity contribution in [2.45, 2.75) is 25.8 Å². The third kappa shape index (κ3) is 3.68. The zero-order chi connectivity index (χ0) is 12.1. The van der Waals surface area contributed by atoms with Gasteiger partial charge in [-0.3, -0.25) is 0 Å². The molecular formula is C13H19N3S. The predicted octanol–water partition coefficient (Wildman–Crippen LogP) is 2.24. The van der Waals surface area contributed by atoms with Crippen LogP contribution >= 0.6 is 11.3 Å². The molecule has 3 nitrogen and oxygen atoms in total. The highest BCUT2D eigenvalue weighted by Crippen LogP contribution is 2.10. The molecule has 0 saturated carbocycles. The smallest absolute Gasteiger partial charge is 0.109 e. The van der Waals surface area contributed by atoms with Gasteiger partial charge in [-0.1, -0.05) is 6.07 Å². The summed E-state index contributed by atoms with van der Waals surface area (Å²) in [6.07, 6.45) is 5.94. The summed E-state index contributed by atoms with van der Waals surface area (Å²) in [5.41, 5.74) is 0. The van der Waals surface area contributed by atoms with Crippen LogP contribution in [0.1, 0.15) is 17.6 Å². The molecule has 1 atom stereocenters. The fourth-order valence-electron chi connectivity index (χ4n) is 1.87. The van der Waals surface area contributed by atoms with Crippen LogP contribution in [0.15, 0.2) is 29.9 Å². The Balaban J connectivity index is 1.70. The Hall–Kier alpha value is -1.13. The van der Waals surface area contributed by atoms with Crippen LogP contribution in [0.5, 0.6) is 0 Å². The molecule has 0 aliphatic carbocycles. The second-order valence-electron chi connectivity index (χ2n) is 4.34. The topological polar surface area (TPSA) is 29.9 Å². The number of hydrogen-bond acceptors (Lipinski definition) is 3. The SMILES string of the molecule is CC(Cc1cccs1)NCCc1nccn1C. The maximum absolute atomic E-state index is 4.31. The molecule has 0 fully saturated rings. The predicted molar refractivity (Wildman–Crippen MR) is 72.4 cm³/mol. The minimum absolute atomic E-state index is 0.522. The molecule has 4 heteroatoms. The molecule has 17 heavy (non-hydrogen) atoms. The van der Waals surface area contributed by atoms with Crippen LogP contribution in [0.4, 0.5) is 0 Å². The van der Waals surface area contributed by atoms with Gasteiger partial charge in [-0.15, -0.1) is 11.3 Å². The van der Waals surface area contributed by atoms with Crippen LogP contribution in [-0.4, -0.2) is 22.1 Å². The van der Waals surface area contributed by atoms with Crippen LogP contribution in [0.3, 0.4) is 0 Å². The van der Waals surface area contributed by atoms with Crippen molar-refractivity contribution in [2.24, 2.45) is 7.05 Å². The molecule has 1 unspecified atom stereocenters. The van der Waals surface area contributed by atoms with Crippen LogP contribution in [0.2, 0.25) is 0 Å². The van der Waals surface area contributed by atoms with E-state index in [0.717, 1.165) is 25.2 Å². The highest BCUT2D eigenvalue weighted by atomic mass is 32.1. The summed E-state index contributed by atoms with van der Waals surface area (Å²) in [5, 5.41) is 5.67. The van der Waals surface area contributed by atoms with Crippen molar-refractivity contribution in [2.75, 3.05) is 6.54 Å². The fourth-order valence-corrected chi connectivity index (χ4v) is 2.71. The normalized spacial score (nSPS) is 12.8. The second-order valence-corrected chi connectivity index (χ2v) is 5.38. The van der Waals surface area contributed by atoms with Crippen molar-refractivity contribution >= 4 is 11.3 Å². The number of aryl methyl sites for hydroxylation is 1. The summed E-state index contributed by atoms with van der Waals surface area (Å²) in [7, 11) is 2.04. The van der Waals surface area contributed by atoms with E-state index >= 15 is 0 Å². The van der Waals surface area contributed by atoms with Crippen LogP contribution in [-0.2, 0) is 19.9 Å². The van der Waals surface area contributed by atoms with Gasteiger partial charge >= 0.3 is 0 Å². The number of thiophene rings is 1. The lowest BCUT2D eigenvalue weighted by Crippen LogP contribution is -2.30. The molecule has 0 radical (unpaired) electrons. The van der Waals surface area contributed by atoms with E-state index in [1.807, 2.05) is 30.8 Å². The van der Waals surface area contributed by atoms with Gasteiger partial charge in [-0.25, -0.2) is 4.98 Å². The van der Waals surface area contributed by atoms with Gasteiger partial charge in [-0.05, 0) is 24.8 Å². The quantitative estimate of drug-likeness (QED) is 0.851. The third-order valence-electron chi connectivity index (χ3n) is 2.85. The van der Waals surface area contributed by atoms with E-state index in [9.17, 15) is 0 Å². The minimum atomic E-state index is 0.522. The Labute approximate surface area is 107 Å². The lowest BCUT2D eigenvalue weighted by Gasteiger charge is -2.12. The van der Waals surface area contributed by atoms with Crippen molar-refractivity contribution < 1.29 is 0 Å². The summed E-state index contributed by atoms with van der Waals surface area (Å²) in [6.45, 7) is 3.22. The summed E-state index contributed by atoms with van der Waals surface area (Å²) in [4.78, 5) is 5.76. The number of rotatable bonds is 6. The van der Waals surface area contributed by atoms with Crippen molar-refractivity contribution in [3.8, 4) is 0 Å².